The average Bonchev–Trinajstić information content (AvgIpc) is 3.02. The lowest BCUT2D eigenvalue weighted by molar-refractivity contribution is -0.116. The van der Waals surface area contributed by atoms with Gasteiger partial charge in [-0.1, -0.05) is 6.07 Å². The van der Waals surface area contributed by atoms with E-state index in [9.17, 15) is 9.59 Å². The van der Waals surface area contributed by atoms with E-state index >= 15 is 0 Å². The molecule has 3 aromatic rings. The Morgan fingerprint density at radius 2 is 1.88 bits per heavy atom. The highest BCUT2D eigenvalue weighted by Gasteiger charge is 2.13. The third-order valence-electron chi connectivity index (χ3n) is 4.08. The van der Waals surface area contributed by atoms with Crippen LogP contribution in [0.5, 0.6) is 0 Å². The van der Waals surface area contributed by atoms with Gasteiger partial charge in [0.05, 0.1) is 5.69 Å². The number of hydrogen-bond donors (Lipinski definition) is 2. The van der Waals surface area contributed by atoms with Crippen LogP contribution in [0.15, 0.2) is 30.6 Å². The zero-order valence-electron chi connectivity index (χ0n) is 14.9. The second-order valence-corrected chi connectivity index (χ2v) is 6.10. The maximum absolute atomic E-state index is 12.3. The topological polar surface area (TPSA) is 101 Å². The smallest absolute Gasteiger partial charge is 0.224 e. The van der Waals surface area contributed by atoms with E-state index in [1.165, 1.54) is 6.92 Å². The van der Waals surface area contributed by atoms with Crippen LogP contribution < -0.4 is 10.6 Å². The molecule has 0 bridgehead atoms. The summed E-state index contributed by atoms with van der Waals surface area (Å²) in [5.41, 5.74) is 4.83. The van der Waals surface area contributed by atoms with Crippen LogP contribution in [-0.2, 0) is 16.0 Å². The van der Waals surface area contributed by atoms with E-state index in [-0.39, 0.29) is 11.8 Å². The summed E-state index contributed by atoms with van der Waals surface area (Å²) in [6.07, 6.45) is 2.44. The number of amides is 2. The molecule has 134 valence electrons. The average molecular weight is 352 g/mol. The molecule has 2 N–H and O–H groups in total. The fourth-order valence-corrected chi connectivity index (χ4v) is 2.89. The Morgan fingerprint density at radius 1 is 1.15 bits per heavy atom. The van der Waals surface area contributed by atoms with Crippen molar-refractivity contribution in [3.63, 3.8) is 0 Å². The van der Waals surface area contributed by atoms with Crippen molar-refractivity contribution < 1.29 is 9.59 Å². The minimum atomic E-state index is -0.157. The summed E-state index contributed by atoms with van der Waals surface area (Å²) in [6.45, 7) is 5.32. The van der Waals surface area contributed by atoms with Crippen molar-refractivity contribution in [3.8, 4) is 0 Å². The number of hydrogen-bond acceptors (Lipinski definition) is 5. The number of anilines is 2. The molecule has 0 saturated carbocycles. The standard InChI is InChI=1S/C18H20N6O2/c1-11-16(12(2)23-24-10-19-22-18(11)24)7-8-17(26)21-15-6-4-5-14(9-15)20-13(3)25/h4-6,9-10H,7-8H2,1-3H3,(H,20,25)(H,21,26). The van der Waals surface area contributed by atoms with E-state index in [2.05, 4.69) is 25.9 Å². The van der Waals surface area contributed by atoms with E-state index in [0.29, 0.717) is 29.9 Å². The molecule has 0 aliphatic heterocycles. The molecule has 0 atom stereocenters. The minimum Gasteiger partial charge on any atom is -0.326 e. The first-order valence-corrected chi connectivity index (χ1v) is 8.27. The second-order valence-electron chi connectivity index (χ2n) is 6.10. The van der Waals surface area contributed by atoms with Gasteiger partial charge in [0.15, 0.2) is 5.65 Å². The lowest BCUT2D eigenvalue weighted by atomic mass is 10.0. The molecule has 2 aromatic heterocycles. The van der Waals surface area contributed by atoms with Crippen molar-refractivity contribution in [1.82, 2.24) is 19.8 Å². The Balaban J connectivity index is 1.67. The highest BCUT2D eigenvalue weighted by atomic mass is 16.2. The molecule has 0 radical (unpaired) electrons. The Bertz CT molecular complexity index is 979. The summed E-state index contributed by atoms with van der Waals surface area (Å²) in [6, 6.07) is 7.05. The fourth-order valence-electron chi connectivity index (χ4n) is 2.89. The lowest BCUT2D eigenvalue weighted by Gasteiger charge is -2.11. The summed E-state index contributed by atoms with van der Waals surface area (Å²) < 4.78 is 1.64. The van der Waals surface area contributed by atoms with Gasteiger partial charge in [0.1, 0.15) is 6.33 Å². The molecule has 2 heterocycles. The van der Waals surface area contributed by atoms with Gasteiger partial charge in [-0.15, -0.1) is 10.2 Å². The molecular weight excluding hydrogens is 332 g/mol. The van der Waals surface area contributed by atoms with E-state index in [4.69, 9.17) is 0 Å². The summed E-state index contributed by atoms with van der Waals surface area (Å²) in [4.78, 5) is 23.4. The Hall–Kier alpha value is -3.29. The minimum absolute atomic E-state index is 0.106. The summed E-state index contributed by atoms with van der Waals surface area (Å²) in [7, 11) is 0. The number of nitrogens with one attached hydrogen (secondary N) is 2. The van der Waals surface area contributed by atoms with Gasteiger partial charge in [0.2, 0.25) is 11.8 Å². The van der Waals surface area contributed by atoms with Crippen molar-refractivity contribution in [2.45, 2.75) is 33.6 Å². The predicted molar refractivity (Wildman–Crippen MR) is 98.0 cm³/mol. The van der Waals surface area contributed by atoms with Crippen LogP contribution in [0.4, 0.5) is 11.4 Å². The van der Waals surface area contributed by atoms with Crippen molar-refractivity contribution in [1.29, 1.82) is 0 Å². The first-order valence-electron chi connectivity index (χ1n) is 8.27. The molecule has 8 heteroatoms. The first-order chi connectivity index (χ1) is 12.4. The van der Waals surface area contributed by atoms with Crippen LogP contribution in [-0.4, -0.2) is 31.6 Å². The van der Waals surface area contributed by atoms with Crippen molar-refractivity contribution in [3.05, 3.63) is 47.4 Å². The number of benzene rings is 1. The largest absolute Gasteiger partial charge is 0.326 e. The summed E-state index contributed by atoms with van der Waals surface area (Å²) >= 11 is 0. The SMILES string of the molecule is CC(=O)Nc1cccc(NC(=O)CCc2c(C)nn3cnnc3c2C)c1. The van der Waals surface area contributed by atoms with Crippen LogP contribution in [0.3, 0.4) is 0 Å². The van der Waals surface area contributed by atoms with Crippen LogP contribution in [0.1, 0.15) is 30.2 Å². The molecule has 8 nitrogen and oxygen atoms in total. The van der Waals surface area contributed by atoms with Crippen LogP contribution >= 0.6 is 0 Å². The number of fused-ring (bicyclic) bond motifs is 1. The molecule has 1 aromatic carbocycles. The Labute approximate surface area is 150 Å². The molecule has 26 heavy (non-hydrogen) atoms. The van der Waals surface area contributed by atoms with Crippen LogP contribution in [0, 0.1) is 13.8 Å². The molecule has 0 spiro atoms. The Morgan fingerprint density at radius 3 is 2.62 bits per heavy atom. The zero-order valence-corrected chi connectivity index (χ0v) is 14.9. The van der Waals surface area contributed by atoms with Gasteiger partial charge in [-0.05, 0) is 44.0 Å². The van der Waals surface area contributed by atoms with Crippen LogP contribution in [0.25, 0.3) is 5.65 Å². The number of aryl methyl sites for hydroxylation is 2. The third-order valence-corrected chi connectivity index (χ3v) is 4.08. The molecule has 2 amide bonds. The van der Waals surface area contributed by atoms with Gasteiger partial charge in [0, 0.05) is 30.3 Å². The maximum atomic E-state index is 12.3. The second kappa shape index (κ2) is 7.30. The van der Waals surface area contributed by atoms with Gasteiger partial charge < -0.3 is 10.6 Å². The normalized spacial score (nSPS) is 10.7. The van der Waals surface area contributed by atoms with Crippen molar-refractivity contribution >= 4 is 28.8 Å². The van der Waals surface area contributed by atoms with Gasteiger partial charge in [-0.3, -0.25) is 9.59 Å². The summed E-state index contributed by atoms with van der Waals surface area (Å²) in [5, 5.41) is 17.9. The highest BCUT2D eigenvalue weighted by Crippen LogP contribution is 2.19. The third kappa shape index (κ3) is 3.85. The molecule has 0 aliphatic carbocycles. The summed E-state index contributed by atoms with van der Waals surface area (Å²) in [5.74, 6) is -0.263. The van der Waals surface area contributed by atoms with E-state index < -0.39 is 0 Å². The zero-order chi connectivity index (χ0) is 18.7. The van der Waals surface area contributed by atoms with E-state index in [1.807, 2.05) is 13.8 Å². The van der Waals surface area contributed by atoms with Crippen molar-refractivity contribution in [2.75, 3.05) is 10.6 Å². The molecule has 0 fully saturated rings. The van der Waals surface area contributed by atoms with Crippen molar-refractivity contribution in [2.24, 2.45) is 0 Å². The maximum Gasteiger partial charge on any atom is 0.224 e. The molecular formula is C18H20N6O2. The first kappa shape index (κ1) is 17.5. The molecule has 3 rings (SSSR count). The van der Waals surface area contributed by atoms with Gasteiger partial charge >= 0.3 is 0 Å². The molecule has 0 saturated heterocycles. The Kier molecular flexibility index (Phi) is 4.92. The quantitative estimate of drug-likeness (QED) is 0.733. The van der Waals surface area contributed by atoms with Crippen LogP contribution in [0.2, 0.25) is 0 Å². The number of carbonyl (C=O) groups excluding carboxylic acids is 2. The van der Waals surface area contributed by atoms with Gasteiger partial charge in [-0.25, -0.2) is 4.52 Å². The van der Waals surface area contributed by atoms with Gasteiger partial charge in [0.25, 0.3) is 0 Å². The predicted octanol–water partition coefficient (Wildman–Crippen LogP) is 2.27. The van der Waals surface area contributed by atoms with E-state index in [0.717, 1.165) is 16.8 Å². The van der Waals surface area contributed by atoms with Gasteiger partial charge in [-0.2, -0.15) is 5.10 Å². The number of nitrogens with zero attached hydrogens (tertiary/aromatic N) is 4. The number of aromatic nitrogens is 4. The number of carbonyl (C=O) groups is 2. The molecule has 0 aliphatic rings. The monoisotopic (exact) mass is 352 g/mol. The number of rotatable bonds is 5. The lowest BCUT2D eigenvalue weighted by Crippen LogP contribution is -2.14. The highest BCUT2D eigenvalue weighted by molar-refractivity contribution is 5.93. The molecule has 0 unspecified atom stereocenters. The van der Waals surface area contributed by atoms with E-state index in [1.54, 1.807) is 35.1 Å². The fraction of sp³-hybridized carbons (Fsp3) is 0.278.